The number of benzene rings is 1. The van der Waals surface area contributed by atoms with Crippen molar-refractivity contribution < 1.29 is 4.79 Å². The van der Waals surface area contributed by atoms with E-state index >= 15 is 0 Å². The number of nitrogens with one attached hydrogen (secondary N) is 2. The molecule has 1 aliphatic carbocycles. The number of rotatable bonds is 6. The van der Waals surface area contributed by atoms with Gasteiger partial charge in [-0.1, -0.05) is 32.4 Å². The number of carbonyl (C=O) groups is 1. The van der Waals surface area contributed by atoms with Crippen LogP contribution < -0.4 is 10.6 Å². The summed E-state index contributed by atoms with van der Waals surface area (Å²) >= 11 is 0. The summed E-state index contributed by atoms with van der Waals surface area (Å²) in [4.78, 5) is 12.2. The second-order valence-corrected chi connectivity index (χ2v) is 4.96. The molecule has 0 saturated heterocycles. The average molecular weight is 246 g/mol. The third-order valence-corrected chi connectivity index (χ3v) is 3.50. The quantitative estimate of drug-likeness (QED) is 0.810. The molecule has 0 aromatic heterocycles. The third-order valence-electron chi connectivity index (χ3n) is 3.50. The maximum absolute atomic E-state index is 12.2. The Morgan fingerprint density at radius 2 is 2.11 bits per heavy atom. The van der Waals surface area contributed by atoms with Crippen LogP contribution in [0.25, 0.3) is 0 Å². The number of para-hydroxylation sites is 1. The van der Waals surface area contributed by atoms with Crippen molar-refractivity contribution in [2.45, 2.75) is 39.2 Å². The zero-order chi connectivity index (χ0) is 13.0. The summed E-state index contributed by atoms with van der Waals surface area (Å²) in [6.45, 7) is 5.19. The van der Waals surface area contributed by atoms with E-state index in [1.54, 1.807) is 0 Å². The van der Waals surface area contributed by atoms with E-state index in [1.807, 2.05) is 24.3 Å². The zero-order valence-corrected chi connectivity index (χ0v) is 11.2. The molecule has 3 nitrogen and oxygen atoms in total. The molecule has 1 aliphatic rings. The summed E-state index contributed by atoms with van der Waals surface area (Å²) in [5.74, 6) is 0.736. The molecule has 2 unspecified atom stereocenters. The lowest BCUT2D eigenvalue weighted by Gasteiger charge is -2.11. The number of anilines is 1. The van der Waals surface area contributed by atoms with Crippen molar-refractivity contribution >= 4 is 11.6 Å². The predicted molar refractivity (Wildman–Crippen MR) is 74.9 cm³/mol. The molecule has 1 saturated carbocycles. The monoisotopic (exact) mass is 246 g/mol. The van der Waals surface area contributed by atoms with E-state index in [4.69, 9.17) is 0 Å². The molecule has 98 valence electrons. The van der Waals surface area contributed by atoms with Gasteiger partial charge in [-0.3, -0.25) is 4.79 Å². The number of carbonyl (C=O) groups excluding carboxylic acids is 1. The van der Waals surface area contributed by atoms with Gasteiger partial charge in [0.2, 0.25) is 0 Å². The van der Waals surface area contributed by atoms with E-state index < -0.39 is 0 Å². The van der Waals surface area contributed by atoms with Crippen LogP contribution in [0.2, 0.25) is 0 Å². The van der Waals surface area contributed by atoms with Gasteiger partial charge in [0, 0.05) is 18.3 Å². The minimum absolute atomic E-state index is 0.0511. The normalized spacial score (nSPS) is 21.4. The van der Waals surface area contributed by atoms with Crippen molar-refractivity contribution in [3.8, 4) is 0 Å². The highest BCUT2D eigenvalue weighted by Crippen LogP contribution is 2.33. The first-order chi connectivity index (χ1) is 8.76. The van der Waals surface area contributed by atoms with Crippen LogP contribution in [0, 0.1) is 5.92 Å². The SMILES string of the molecule is CCCNc1ccccc1C(=O)NC1CC1CC. The van der Waals surface area contributed by atoms with Crippen molar-refractivity contribution in [2.24, 2.45) is 5.92 Å². The second-order valence-electron chi connectivity index (χ2n) is 4.96. The van der Waals surface area contributed by atoms with E-state index in [0.717, 1.165) is 37.1 Å². The lowest BCUT2D eigenvalue weighted by molar-refractivity contribution is 0.0950. The summed E-state index contributed by atoms with van der Waals surface area (Å²) in [5, 5.41) is 6.41. The molecule has 0 radical (unpaired) electrons. The van der Waals surface area contributed by atoms with Gasteiger partial charge < -0.3 is 10.6 Å². The van der Waals surface area contributed by atoms with Gasteiger partial charge in [0.25, 0.3) is 5.91 Å². The Bertz CT molecular complexity index is 417. The summed E-state index contributed by atoms with van der Waals surface area (Å²) in [5.41, 5.74) is 1.69. The summed E-state index contributed by atoms with van der Waals surface area (Å²) in [7, 11) is 0. The molecule has 18 heavy (non-hydrogen) atoms. The Labute approximate surface area is 109 Å². The first-order valence-corrected chi connectivity index (χ1v) is 6.90. The van der Waals surface area contributed by atoms with Gasteiger partial charge in [-0.15, -0.1) is 0 Å². The summed E-state index contributed by atoms with van der Waals surface area (Å²) in [6, 6.07) is 8.12. The lowest BCUT2D eigenvalue weighted by atomic mass is 10.1. The molecule has 0 heterocycles. The molecule has 0 bridgehead atoms. The minimum atomic E-state index is 0.0511. The Morgan fingerprint density at radius 3 is 2.78 bits per heavy atom. The van der Waals surface area contributed by atoms with Gasteiger partial charge in [-0.05, 0) is 30.9 Å². The van der Waals surface area contributed by atoms with Crippen LogP contribution in [0.4, 0.5) is 5.69 Å². The average Bonchev–Trinajstić information content (AvgIpc) is 3.15. The van der Waals surface area contributed by atoms with Crippen LogP contribution in [-0.4, -0.2) is 18.5 Å². The molecule has 1 aromatic carbocycles. The molecule has 1 aromatic rings. The highest BCUT2D eigenvalue weighted by atomic mass is 16.1. The van der Waals surface area contributed by atoms with Gasteiger partial charge in [-0.2, -0.15) is 0 Å². The van der Waals surface area contributed by atoms with Crippen molar-refractivity contribution in [1.82, 2.24) is 5.32 Å². The van der Waals surface area contributed by atoms with E-state index in [0.29, 0.717) is 12.0 Å². The first-order valence-electron chi connectivity index (χ1n) is 6.90. The van der Waals surface area contributed by atoms with Gasteiger partial charge in [0.1, 0.15) is 0 Å². The maximum atomic E-state index is 12.2. The first kappa shape index (κ1) is 12.9. The van der Waals surface area contributed by atoms with Crippen molar-refractivity contribution in [3.05, 3.63) is 29.8 Å². The number of amides is 1. The van der Waals surface area contributed by atoms with E-state index in [9.17, 15) is 4.79 Å². The van der Waals surface area contributed by atoms with Gasteiger partial charge >= 0.3 is 0 Å². The third kappa shape index (κ3) is 3.03. The summed E-state index contributed by atoms with van der Waals surface area (Å²) < 4.78 is 0. The Morgan fingerprint density at radius 1 is 1.33 bits per heavy atom. The van der Waals surface area contributed by atoms with Crippen LogP contribution >= 0.6 is 0 Å². The van der Waals surface area contributed by atoms with Crippen molar-refractivity contribution in [1.29, 1.82) is 0 Å². The zero-order valence-electron chi connectivity index (χ0n) is 11.2. The minimum Gasteiger partial charge on any atom is -0.384 e. The topological polar surface area (TPSA) is 41.1 Å². The fraction of sp³-hybridized carbons (Fsp3) is 0.533. The molecule has 2 rings (SSSR count). The highest BCUT2D eigenvalue weighted by Gasteiger charge is 2.36. The van der Waals surface area contributed by atoms with Crippen LogP contribution in [-0.2, 0) is 0 Å². The van der Waals surface area contributed by atoms with Crippen molar-refractivity contribution in [3.63, 3.8) is 0 Å². The van der Waals surface area contributed by atoms with Gasteiger partial charge in [-0.25, -0.2) is 0 Å². The molecule has 2 atom stereocenters. The highest BCUT2D eigenvalue weighted by molar-refractivity contribution is 5.99. The van der Waals surface area contributed by atoms with Crippen LogP contribution in [0.3, 0.4) is 0 Å². The van der Waals surface area contributed by atoms with E-state index in [1.165, 1.54) is 0 Å². The maximum Gasteiger partial charge on any atom is 0.253 e. The fourth-order valence-corrected chi connectivity index (χ4v) is 2.22. The van der Waals surface area contributed by atoms with Crippen LogP contribution in [0.5, 0.6) is 0 Å². The Kier molecular flexibility index (Phi) is 4.24. The standard InChI is InChI=1S/C15H22N2O/c1-3-9-16-13-8-6-5-7-12(13)15(18)17-14-10-11(14)4-2/h5-8,11,14,16H,3-4,9-10H2,1-2H3,(H,17,18). The molecular formula is C15H22N2O. The van der Waals surface area contributed by atoms with Crippen LogP contribution in [0.1, 0.15) is 43.5 Å². The van der Waals surface area contributed by atoms with E-state index in [-0.39, 0.29) is 5.91 Å². The molecule has 1 fully saturated rings. The lowest BCUT2D eigenvalue weighted by Crippen LogP contribution is -2.27. The second kappa shape index (κ2) is 5.89. The molecule has 0 spiro atoms. The van der Waals surface area contributed by atoms with Gasteiger partial charge in [0.15, 0.2) is 0 Å². The van der Waals surface area contributed by atoms with Crippen molar-refractivity contribution in [2.75, 3.05) is 11.9 Å². The molecule has 2 N–H and O–H groups in total. The largest absolute Gasteiger partial charge is 0.384 e. The van der Waals surface area contributed by atoms with Gasteiger partial charge in [0.05, 0.1) is 5.56 Å². The summed E-state index contributed by atoms with van der Waals surface area (Å²) in [6.07, 6.45) is 3.34. The predicted octanol–water partition coefficient (Wildman–Crippen LogP) is 3.04. The molecule has 1 amide bonds. The number of hydrogen-bond acceptors (Lipinski definition) is 2. The fourth-order valence-electron chi connectivity index (χ4n) is 2.22. The Hall–Kier alpha value is -1.51. The molecular weight excluding hydrogens is 224 g/mol. The van der Waals surface area contributed by atoms with E-state index in [2.05, 4.69) is 24.5 Å². The Balaban J connectivity index is 2.00. The molecule has 0 aliphatic heterocycles. The smallest absolute Gasteiger partial charge is 0.253 e. The van der Waals surface area contributed by atoms with Crippen LogP contribution in [0.15, 0.2) is 24.3 Å². The molecule has 3 heteroatoms. The number of hydrogen-bond donors (Lipinski definition) is 2.